The zero-order valence-electron chi connectivity index (χ0n) is 15.5. The van der Waals surface area contributed by atoms with Crippen LogP contribution in [0.4, 0.5) is 5.69 Å². The number of amides is 2. The summed E-state index contributed by atoms with van der Waals surface area (Å²) in [6.07, 6.45) is 6.63. The van der Waals surface area contributed by atoms with E-state index in [1.165, 1.54) is 12.8 Å². The molecule has 1 unspecified atom stereocenters. The van der Waals surface area contributed by atoms with Crippen molar-refractivity contribution < 1.29 is 9.59 Å². The Balaban J connectivity index is 1.64. The van der Waals surface area contributed by atoms with Crippen LogP contribution in [0, 0.1) is 0 Å². The lowest BCUT2D eigenvalue weighted by atomic mass is 10.0. The van der Waals surface area contributed by atoms with E-state index in [1.807, 2.05) is 9.80 Å². The van der Waals surface area contributed by atoms with Gasteiger partial charge in [-0.15, -0.1) is 0 Å². The highest BCUT2D eigenvalue weighted by Crippen LogP contribution is 2.25. The van der Waals surface area contributed by atoms with Crippen molar-refractivity contribution in [1.29, 1.82) is 0 Å². The predicted octanol–water partition coefficient (Wildman–Crippen LogP) is 3.78. The van der Waals surface area contributed by atoms with Crippen molar-refractivity contribution in [3.8, 4) is 0 Å². The van der Waals surface area contributed by atoms with Gasteiger partial charge in [0.2, 0.25) is 5.91 Å². The molecule has 1 N–H and O–H groups in total. The number of likely N-dealkylation sites (tertiary alicyclic amines) is 2. The standard InChI is InChI=1S/C20H28ClN3O2/c1-15-7-3-6-12-24(15)19(25)14-22-18-13-16(8-9-17(18)21)20(26)23-10-4-2-5-11-23/h8-9,13,15,22H,2-7,10-12,14H2,1H3. The number of halogens is 1. The quantitative estimate of drug-likeness (QED) is 0.868. The molecule has 6 heteroatoms. The molecule has 5 nitrogen and oxygen atoms in total. The maximum absolute atomic E-state index is 12.7. The lowest BCUT2D eigenvalue weighted by Gasteiger charge is -2.33. The summed E-state index contributed by atoms with van der Waals surface area (Å²) in [5.74, 6) is 0.126. The molecule has 2 fully saturated rings. The zero-order chi connectivity index (χ0) is 18.5. The van der Waals surface area contributed by atoms with Gasteiger partial charge in [0.25, 0.3) is 5.91 Å². The number of piperidine rings is 2. The summed E-state index contributed by atoms with van der Waals surface area (Å²) in [6.45, 7) is 4.75. The molecule has 2 heterocycles. The van der Waals surface area contributed by atoms with Gasteiger partial charge in [0.15, 0.2) is 0 Å². The molecule has 1 aromatic carbocycles. The largest absolute Gasteiger partial charge is 0.375 e. The van der Waals surface area contributed by atoms with E-state index in [0.717, 1.165) is 45.3 Å². The first kappa shape index (κ1) is 19.0. The summed E-state index contributed by atoms with van der Waals surface area (Å²) in [7, 11) is 0. The van der Waals surface area contributed by atoms with Crippen LogP contribution in [0.2, 0.25) is 5.02 Å². The first-order valence-electron chi connectivity index (χ1n) is 9.68. The Labute approximate surface area is 160 Å². The van der Waals surface area contributed by atoms with Crippen LogP contribution < -0.4 is 5.32 Å². The second-order valence-corrected chi connectivity index (χ2v) is 7.74. The van der Waals surface area contributed by atoms with Crippen molar-refractivity contribution >= 4 is 29.1 Å². The van der Waals surface area contributed by atoms with E-state index < -0.39 is 0 Å². The van der Waals surface area contributed by atoms with E-state index in [9.17, 15) is 9.59 Å². The molecule has 1 aromatic rings. The Morgan fingerprint density at radius 2 is 1.85 bits per heavy atom. The molecule has 2 saturated heterocycles. The van der Waals surface area contributed by atoms with Crippen molar-refractivity contribution in [2.24, 2.45) is 0 Å². The lowest BCUT2D eigenvalue weighted by molar-refractivity contribution is -0.132. The van der Waals surface area contributed by atoms with Crippen LogP contribution in [0.25, 0.3) is 0 Å². The van der Waals surface area contributed by atoms with Gasteiger partial charge >= 0.3 is 0 Å². The third-order valence-electron chi connectivity index (χ3n) is 5.41. The zero-order valence-corrected chi connectivity index (χ0v) is 16.2. The Morgan fingerprint density at radius 1 is 1.12 bits per heavy atom. The highest BCUT2D eigenvalue weighted by atomic mass is 35.5. The van der Waals surface area contributed by atoms with Crippen LogP contribution in [0.1, 0.15) is 55.8 Å². The van der Waals surface area contributed by atoms with Crippen LogP contribution in [0.3, 0.4) is 0 Å². The number of carbonyl (C=O) groups excluding carboxylic acids is 2. The van der Waals surface area contributed by atoms with Gasteiger partial charge in [-0.25, -0.2) is 0 Å². The smallest absolute Gasteiger partial charge is 0.253 e. The fraction of sp³-hybridized carbons (Fsp3) is 0.600. The van der Waals surface area contributed by atoms with Crippen molar-refractivity contribution in [2.45, 2.75) is 51.5 Å². The van der Waals surface area contributed by atoms with Crippen molar-refractivity contribution in [3.63, 3.8) is 0 Å². The maximum atomic E-state index is 12.7. The van der Waals surface area contributed by atoms with Gasteiger partial charge in [0.1, 0.15) is 0 Å². The van der Waals surface area contributed by atoms with Gasteiger partial charge in [-0.2, -0.15) is 0 Å². The number of anilines is 1. The molecule has 1 atom stereocenters. The van der Waals surface area contributed by atoms with Gasteiger partial charge in [-0.1, -0.05) is 11.6 Å². The highest BCUT2D eigenvalue weighted by Gasteiger charge is 2.23. The summed E-state index contributed by atoms with van der Waals surface area (Å²) in [4.78, 5) is 29.0. The number of carbonyl (C=O) groups is 2. The Bertz CT molecular complexity index is 658. The highest BCUT2D eigenvalue weighted by molar-refractivity contribution is 6.33. The molecule has 0 saturated carbocycles. The minimum atomic E-state index is 0.0420. The molecule has 0 radical (unpaired) electrons. The van der Waals surface area contributed by atoms with Crippen LogP contribution >= 0.6 is 11.6 Å². The van der Waals surface area contributed by atoms with Gasteiger partial charge in [0.05, 0.1) is 17.3 Å². The number of rotatable bonds is 4. The van der Waals surface area contributed by atoms with Gasteiger partial charge in [0, 0.05) is 31.2 Å². The van der Waals surface area contributed by atoms with Crippen molar-refractivity contribution in [1.82, 2.24) is 9.80 Å². The molecule has 26 heavy (non-hydrogen) atoms. The Hall–Kier alpha value is -1.75. The van der Waals surface area contributed by atoms with Crippen LogP contribution in [0.15, 0.2) is 18.2 Å². The molecule has 0 aromatic heterocycles. The first-order valence-corrected chi connectivity index (χ1v) is 10.1. The van der Waals surface area contributed by atoms with Crippen molar-refractivity contribution in [3.05, 3.63) is 28.8 Å². The SMILES string of the molecule is CC1CCCCN1C(=O)CNc1cc(C(=O)N2CCCCC2)ccc1Cl. The molecule has 3 rings (SSSR count). The second kappa shape index (κ2) is 8.76. The minimum absolute atomic E-state index is 0.0420. The number of hydrogen-bond acceptors (Lipinski definition) is 3. The van der Waals surface area contributed by atoms with E-state index in [2.05, 4.69) is 12.2 Å². The predicted molar refractivity (Wildman–Crippen MR) is 105 cm³/mol. The number of benzene rings is 1. The Kier molecular flexibility index (Phi) is 6.41. The molecule has 2 amide bonds. The van der Waals surface area contributed by atoms with Crippen molar-refractivity contribution in [2.75, 3.05) is 31.5 Å². The number of nitrogens with zero attached hydrogens (tertiary/aromatic N) is 2. The topological polar surface area (TPSA) is 52.7 Å². The average molecular weight is 378 g/mol. The number of nitrogens with one attached hydrogen (secondary N) is 1. The van der Waals surface area contributed by atoms with E-state index in [-0.39, 0.29) is 18.4 Å². The summed E-state index contributed by atoms with van der Waals surface area (Å²) in [6, 6.07) is 5.56. The fourth-order valence-electron chi connectivity index (χ4n) is 3.81. The molecule has 0 bridgehead atoms. The third-order valence-corrected chi connectivity index (χ3v) is 5.74. The molecule has 2 aliphatic heterocycles. The maximum Gasteiger partial charge on any atom is 0.253 e. The van der Waals surface area contributed by atoms with Gasteiger partial charge in [-0.05, 0) is 63.6 Å². The second-order valence-electron chi connectivity index (χ2n) is 7.33. The monoisotopic (exact) mass is 377 g/mol. The molecular weight excluding hydrogens is 350 g/mol. The van der Waals surface area contributed by atoms with Gasteiger partial charge < -0.3 is 15.1 Å². The third kappa shape index (κ3) is 4.50. The fourth-order valence-corrected chi connectivity index (χ4v) is 4.00. The minimum Gasteiger partial charge on any atom is -0.375 e. The average Bonchev–Trinajstić information content (AvgIpc) is 2.67. The van der Waals surface area contributed by atoms with Crippen LogP contribution in [-0.4, -0.2) is 53.8 Å². The summed E-state index contributed by atoms with van der Waals surface area (Å²) < 4.78 is 0. The van der Waals surface area contributed by atoms with E-state index in [4.69, 9.17) is 11.6 Å². The summed E-state index contributed by atoms with van der Waals surface area (Å²) in [5.41, 5.74) is 1.27. The summed E-state index contributed by atoms with van der Waals surface area (Å²) >= 11 is 6.27. The molecule has 0 aliphatic carbocycles. The van der Waals surface area contributed by atoms with E-state index in [0.29, 0.717) is 22.3 Å². The molecule has 2 aliphatic rings. The normalized spacial score (nSPS) is 20.8. The van der Waals surface area contributed by atoms with E-state index in [1.54, 1.807) is 18.2 Å². The van der Waals surface area contributed by atoms with Gasteiger partial charge in [-0.3, -0.25) is 9.59 Å². The Morgan fingerprint density at radius 3 is 2.58 bits per heavy atom. The van der Waals surface area contributed by atoms with Crippen LogP contribution in [0.5, 0.6) is 0 Å². The first-order chi connectivity index (χ1) is 12.6. The lowest BCUT2D eigenvalue weighted by Crippen LogP contribution is -2.44. The molecular formula is C20H28ClN3O2. The molecule has 0 spiro atoms. The van der Waals surface area contributed by atoms with E-state index >= 15 is 0 Å². The number of hydrogen-bond donors (Lipinski definition) is 1. The molecule has 142 valence electrons. The summed E-state index contributed by atoms with van der Waals surface area (Å²) in [5, 5.41) is 3.66. The van der Waals surface area contributed by atoms with Crippen LogP contribution in [-0.2, 0) is 4.79 Å².